The van der Waals surface area contributed by atoms with E-state index in [0.29, 0.717) is 16.4 Å². The van der Waals surface area contributed by atoms with Crippen molar-refractivity contribution in [3.63, 3.8) is 0 Å². The topological polar surface area (TPSA) is 97.1 Å². The molecule has 2 rings (SSSR count). The molecule has 1 amide bonds. The number of nitrogens with one attached hydrogen (secondary N) is 1. The summed E-state index contributed by atoms with van der Waals surface area (Å²) >= 11 is 5.98. The van der Waals surface area contributed by atoms with Gasteiger partial charge in [0.15, 0.2) is 5.69 Å². The van der Waals surface area contributed by atoms with Gasteiger partial charge in [0.25, 0.3) is 0 Å². The summed E-state index contributed by atoms with van der Waals surface area (Å²) < 4.78 is 1.23. The lowest BCUT2D eigenvalue weighted by molar-refractivity contribution is -0.117. The van der Waals surface area contributed by atoms with Gasteiger partial charge in [-0.25, -0.2) is 9.48 Å². The fraction of sp³-hybridized carbons (Fsp3) is 0.231. The zero-order valence-corrected chi connectivity index (χ0v) is 12.2. The molecule has 21 heavy (non-hydrogen) atoms. The summed E-state index contributed by atoms with van der Waals surface area (Å²) in [6, 6.07) is 5.17. The Morgan fingerprint density at radius 2 is 2.10 bits per heavy atom. The van der Waals surface area contributed by atoms with Gasteiger partial charge in [-0.3, -0.25) is 4.79 Å². The normalized spacial score (nSPS) is 10.4. The number of hydrogen-bond donors (Lipinski definition) is 2. The van der Waals surface area contributed by atoms with Gasteiger partial charge in [-0.05, 0) is 31.5 Å². The van der Waals surface area contributed by atoms with Gasteiger partial charge in [-0.2, -0.15) is 0 Å². The van der Waals surface area contributed by atoms with Crippen LogP contribution in [0.3, 0.4) is 0 Å². The van der Waals surface area contributed by atoms with Crippen molar-refractivity contribution in [3.8, 4) is 0 Å². The molecule has 0 aliphatic carbocycles. The third-order valence-corrected chi connectivity index (χ3v) is 3.34. The van der Waals surface area contributed by atoms with Gasteiger partial charge >= 0.3 is 5.97 Å². The average molecular weight is 309 g/mol. The SMILES string of the molecule is Cc1ccc(NC(=O)Cn2nnc(C(=O)O)c2C)cc1Cl. The maximum Gasteiger partial charge on any atom is 0.358 e. The number of anilines is 1. The van der Waals surface area contributed by atoms with Gasteiger partial charge in [0.05, 0.1) is 5.69 Å². The van der Waals surface area contributed by atoms with Gasteiger partial charge in [-0.1, -0.05) is 22.9 Å². The van der Waals surface area contributed by atoms with Crippen molar-refractivity contribution in [1.82, 2.24) is 15.0 Å². The Labute approximate surface area is 125 Å². The molecule has 0 fully saturated rings. The number of carboxylic acids is 1. The van der Waals surface area contributed by atoms with E-state index in [9.17, 15) is 9.59 Å². The van der Waals surface area contributed by atoms with Crippen LogP contribution in [0, 0.1) is 13.8 Å². The van der Waals surface area contributed by atoms with Crippen LogP contribution in [0.5, 0.6) is 0 Å². The van der Waals surface area contributed by atoms with E-state index >= 15 is 0 Å². The molecule has 0 atom stereocenters. The fourth-order valence-electron chi connectivity index (χ4n) is 1.72. The maximum absolute atomic E-state index is 11.9. The first kappa shape index (κ1) is 15.0. The predicted octanol–water partition coefficient (Wildman–Crippen LogP) is 1.89. The van der Waals surface area contributed by atoms with E-state index in [2.05, 4.69) is 15.6 Å². The lowest BCUT2D eigenvalue weighted by atomic mass is 10.2. The van der Waals surface area contributed by atoms with E-state index in [1.807, 2.05) is 6.92 Å². The minimum absolute atomic E-state index is 0.127. The van der Waals surface area contributed by atoms with Crippen LogP contribution in [0.15, 0.2) is 18.2 Å². The molecule has 0 aliphatic heterocycles. The van der Waals surface area contributed by atoms with E-state index < -0.39 is 5.97 Å². The zero-order chi connectivity index (χ0) is 15.6. The predicted molar refractivity (Wildman–Crippen MR) is 76.5 cm³/mol. The Morgan fingerprint density at radius 3 is 2.67 bits per heavy atom. The summed E-state index contributed by atoms with van der Waals surface area (Å²) in [7, 11) is 0. The minimum Gasteiger partial charge on any atom is -0.476 e. The Balaban J connectivity index is 2.08. The van der Waals surface area contributed by atoms with Crippen LogP contribution in [-0.2, 0) is 11.3 Å². The second-order valence-electron chi connectivity index (χ2n) is 4.50. The van der Waals surface area contributed by atoms with E-state index in [4.69, 9.17) is 16.7 Å². The first-order valence-corrected chi connectivity index (χ1v) is 6.45. The van der Waals surface area contributed by atoms with Crippen molar-refractivity contribution in [2.75, 3.05) is 5.32 Å². The first-order chi connectivity index (χ1) is 9.88. The van der Waals surface area contributed by atoms with Crippen molar-refractivity contribution in [1.29, 1.82) is 0 Å². The number of aryl methyl sites for hydroxylation is 1. The first-order valence-electron chi connectivity index (χ1n) is 6.08. The second kappa shape index (κ2) is 5.92. The van der Waals surface area contributed by atoms with Crippen LogP contribution in [-0.4, -0.2) is 32.0 Å². The largest absolute Gasteiger partial charge is 0.476 e. The number of carbonyl (C=O) groups excluding carboxylic acids is 1. The standard InChI is InChI=1S/C13H13ClN4O3/c1-7-3-4-9(5-10(7)14)15-11(19)6-18-8(2)12(13(20)21)16-17-18/h3-5H,6H2,1-2H3,(H,15,19)(H,20,21). The summed E-state index contributed by atoms with van der Waals surface area (Å²) in [6.45, 7) is 3.28. The van der Waals surface area contributed by atoms with E-state index in [0.717, 1.165) is 5.56 Å². The number of hydrogen-bond acceptors (Lipinski definition) is 4. The van der Waals surface area contributed by atoms with Crippen LogP contribution in [0.1, 0.15) is 21.7 Å². The fourth-order valence-corrected chi connectivity index (χ4v) is 1.90. The van der Waals surface area contributed by atoms with Crippen molar-refractivity contribution in [2.24, 2.45) is 0 Å². The molecule has 2 N–H and O–H groups in total. The summed E-state index contributed by atoms with van der Waals surface area (Å²) in [5.74, 6) is -1.52. The van der Waals surface area contributed by atoms with Gasteiger partial charge in [0.1, 0.15) is 6.54 Å². The quantitative estimate of drug-likeness (QED) is 0.899. The molecule has 8 heteroatoms. The molecule has 2 aromatic rings. The molecular weight excluding hydrogens is 296 g/mol. The lowest BCUT2D eigenvalue weighted by Crippen LogP contribution is -2.20. The average Bonchev–Trinajstić information content (AvgIpc) is 2.75. The lowest BCUT2D eigenvalue weighted by Gasteiger charge is -2.07. The van der Waals surface area contributed by atoms with Crippen LogP contribution in [0.4, 0.5) is 5.69 Å². The van der Waals surface area contributed by atoms with Gasteiger partial charge < -0.3 is 10.4 Å². The summed E-state index contributed by atoms with van der Waals surface area (Å²) in [5, 5.41) is 19.3. The molecule has 7 nitrogen and oxygen atoms in total. The van der Waals surface area contributed by atoms with Crippen LogP contribution >= 0.6 is 11.6 Å². The third-order valence-electron chi connectivity index (χ3n) is 2.93. The molecule has 0 saturated carbocycles. The summed E-state index contributed by atoms with van der Waals surface area (Å²) in [5.41, 5.74) is 1.63. The Hall–Kier alpha value is -2.41. The molecule has 0 spiro atoms. The summed E-state index contributed by atoms with van der Waals surface area (Å²) in [6.07, 6.45) is 0. The molecule has 0 saturated heterocycles. The van der Waals surface area contributed by atoms with Crippen molar-refractivity contribution in [3.05, 3.63) is 40.2 Å². The number of carboxylic acid groups (broad SMARTS) is 1. The highest BCUT2D eigenvalue weighted by atomic mass is 35.5. The van der Waals surface area contributed by atoms with E-state index in [-0.39, 0.29) is 18.1 Å². The van der Waals surface area contributed by atoms with Gasteiger partial charge in [0.2, 0.25) is 5.91 Å². The number of halogens is 1. The Kier molecular flexibility index (Phi) is 4.23. The molecule has 110 valence electrons. The van der Waals surface area contributed by atoms with Gasteiger partial charge in [0, 0.05) is 10.7 Å². The molecule has 0 bridgehead atoms. The number of rotatable bonds is 4. The number of amides is 1. The smallest absolute Gasteiger partial charge is 0.358 e. The number of aromatic carboxylic acids is 1. The molecule has 1 heterocycles. The Morgan fingerprint density at radius 1 is 1.38 bits per heavy atom. The number of carbonyl (C=O) groups is 2. The van der Waals surface area contributed by atoms with Crippen molar-refractivity contribution < 1.29 is 14.7 Å². The molecule has 0 radical (unpaired) electrons. The highest BCUT2D eigenvalue weighted by Crippen LogP contribution is 2.19. The highest BCUT2D eigenvalue weighted by molar-refractivity contribution is 6.31. The number of benzene rings is 1. The maximum atomic E-state index is 11.9. The van der Waals surface area contributed by atoms with Crippen LogP contribution in [0.2, 0.25) is 5.02 Å². The molecular formula is C13H13ClN4O3. The monoisotopic (exact) mass is 308 g/mol. The van der Waals surface area contributed by atoms with E-state index in [1.165, 1.54) is 4.68 Å². The van der Waals surface area contributed by atoms with Crippen molar-refractivity contribution in [2.45, 2.75) is 20.4 Å². The minimum atomic E-state index is -1.18. The van der Waals surface area contributed by atoms with Crippen molar-refractivity contribution >= 4 is 29.2 Å². The Bertz CT molecular complexity index is 711. The van der Waals surface area contributed by atoms with Gasteiger partial charge in [-0.15, -0.1) is 5.10 Å². The second-order valence-corrected chi connectivity index (χ2v) is 4.91. The molecule has 1 aromatic heterocycles. The number of nitrogens with zero attached hydrogens (tertiary/aromatic N) is 3. The van der Waals surface area contributed by atoms with Crippen LogP contribution in [0.25, 0.3) is 0 Å². The molecule has 0 unspecified atom stereocenters. The summed E-state index contributed by atoms with van der Waals surface area (Å²) in [4.78, 5) is 22.8. The van der Waals surface area contributed by atoms with E-state index in [1.54, 1.807) is 25.1 Å². The third kappa shape index (κ3) is 3.38. The highest BCUT2D eigenvalue weighted by Gasteiger charge is 2.16. The number of aromatic nitrogens is 3. The van der Waals surface area contributed by atoms with Crippen LogP contribution < -0.4 is 5.32 Å². The molecule has 0 aliphatic rings. The molecule has 1 aromatic carbocycles. The zero-order valence-electron chi connectivity index (χ0n) is 11.4.